The molecule has 0 aliphatic rings. The lowest BCUT2D eigenvalue weighted by atomic mass is 10.3. The van der Waals surface area contributed by atoms with Crippen LogP contribution in [0.2, 0.25) is 0 Å². The van der Waals surface area contributed by atoms with Crippen molar-refractivity contribution in [3.63, 3.8) is 0 Å². The van der Waals surface area contributed by atoms with Crippen LogP contribution in [0.5, 0.6) is 5.75 Å². The van der Waals surface area contributed by atoms with E-state index in [4.69, 9.17) is 10.5 Å². The molecule has 5 heteroatoms. The van der Waals surface area contributed by atoms with Crippen LogP contribution in [-0.4, -0.2) is 22.1 Å². The lowest BCUT2D eigenvalue weighted by Gasteiger charge is -1.97. The van der Waals surface area contributed by atoms with Gasteiger partial charge in [-0.15, -0.1) is 0 Å². The van der Waals surface area contributed by atoms with Crippen LogP contribution in [0, 0.1) is 0 Å². The molecule has 3 rings (SSSR count). The predicted octanol–water partition coefficient (Wildman–Crippen LogP) is 2.22. The van der Waals surface area contributed by atoms with Crippen molar-refractivity contribution in [1.29, 1.82) is 0 Å². The first-order valence-electron chi connectivity index (χ1n) is 5.52. The first-order chi connectivity index (χ1) is 8.76. The summed E-state index contributed by atoms with van der Waals surface area (Å²) in [5.74, 6) is 1.52. The molecule has 90 valence electrons. The number of nitrogens with zero attached hydrogens (tertiary/aromatic N) is 2. The molecule has 0 radical (unpaired) electrons. The minimum absolute atomic E-state index is 0.636. The predicted molar refractivity (Wildman–Crippen MR) is 70.3 cm³/mol. The highest BCUT2D eigenvalue weighted by atomic mass is 16.5. The van der Waals surface area contributed by atoms with Crippen LogP contribution in [0.25, 0.3) is 22.6 Å². The summed E-state index contributed by atoms with van der Waals surface area (Å²) >= 11 is 0. The van der Waals surface area contributed by atoms with Gasteiger partial charge in [-0.2, -0.15) is 0 Å². The number of fused-ring (bicyclic) bond motifs is 1. The van der Waals surface area contributed by atoms with Crippen molar-refractivity contribution in [2.45, 2.75) is 0 Å². The quantitative estimate of drug-likeness (QED) is 0.720. The van der Waals surface area contributed by atoms with Crippen molar-refractivity contribution in [2.24, 2.45) is 0 Å². The number of nitrogens with two attached hydrogens (primary N) is 1. The van der Waals surface area contributed by atoms with E-state index in [1.165, 1.54) is 0 Å². The molecule has 0 bridgehead atoms. The van der Waals surface area contributed by atoms with Crippen LogP contribution in [0.15, 0.2) is 36.5 Å². The van der Waals surface area contributed by atoms with E-state index in [0.717, 1.165) is 28.3 Å². The molecule has 0 amide bonds. The number of methoxy groups -OCH3 is 1. The number of pyridine rings is 1. The Bertz CT molecular complexity index is 688. The Balaban J connectivity index is 2.10. The zero-order valence-electron chi connectivity index (χ0n) is 9.84. The van der Waals surface area contributed by atoms with Gasteiger partial charge in [0.15, 0.2) is 5.82 Å². The Morgan fingerprint density at radius 3 is 2.83 bits per heavy atom. The molecule has 0 aliphatic carbocycles. The van der Waals surface area contributed by atoms with E-state index in [9.17, 15) is 0 Å². The van der Waals surface area contributed by atoms with Gasteiger partial charge in [-0.3, -0.25) is 4.98 Å². The third-order valence-electron chi connectivity index (χ3n) is 2.72. The van der Waals surface area contributed by atoms with Crippen molar-refractivity contribution in [1.82, 2.24) is 15.0 Å². The monoisotopic (exact) mass is 240 g/mol. The van der Waals surface area contributed by atoms with Gasteiger partial charge in [-0.1, -0.05) is 0 Å². The largest absolute Gasteiger partial charge is 0.497 e. The van der Waals surface area contributed by atoms with Crippen LogP contribution < -0.4 is 10.5 Å². The number of ether oxygens (including phenoxy) is 1. The summed E-state index contributed by atoms with van der Waals surface area (Å²) < 4.78 is 5.17. The normalized spacial score (nSPS) is 10.7. The SMILES string of the molecule is COc1ccc2nc(-c3ccc(N)cn3)[nH]c2c1. The summed E-state index contributed by atoms with van der Waals surface area (Å²) in [5.41, 5.74) is 8.81. The molecule has 2 aromatic heterocycles. The maximum absolute atomic E-state index is 5.61. The first-order valence-corrected chi connectivity index (χ1v) is 5.52. The van der Waals surface area contributed by atoms with Crippen molar-refractivity contribution >= 4 is 16.7 Å². The Morgan fingerprint density at radius 2 is 2.11 bits per heavy atom. The van der Waals surface area contributed by atoms with Gasteiger partial charge in [0.25, 0.3) is 0 Å². The summed E-state index contributed by atoms with van der Waals surface area (Å²) in [6.45, 7) is 0. The standard InChI is InChI=1S/C13H12N4O/c1-18-9-3-5-10-12(6-9)17-13(16-10)11-4-2-8(14)7-15-11/h2-7H,14H2,1H3,(H,16,17). The van der Waals surface area contributed by atoms with Gasteiger partial charge < -0.3 is 15.5 Å². The Hall–Kier alpha value is -2.56. The van der Waals surface area contributed by atoms with Gasteiger partial charge >= 0.3 is 0 Å². The number of aromatic nitrogens is 3. The average Bonchev–Trinajstić information content (AvgIpc) is 2.82. The molecule has 0 aliphatic heterocycles. The summed E-state index contributed by atoms with van der Waals surface area (Å²) in [6.07, 6.45) is 1.61. The van der Waals surface area contributed by atoms with Gasteiger partial charge in [0.05, 0.1) is 30.0 Å². The average molecular weight is 240 g/mol. The van der Waals surface area contributed by atoms with Crippen molar-refractivity contribution in [3.8, 4) is 17.3 Å². The number of nitrogen functional groups attached to an aromatic ring is 1. The Morgan fingerprint density at radius 1 is 1.22 bits per heavy atom. The third-order valence-corrected chi connectivity index (χ3v) is 2.72. The highest BCUT2D eigenvalue weighted by Crippen LogP contribution is 2.22. The molecule has 0 saturated carbocycles. The number of rotatable bonds is 2. The van der Waals surface area contributed by atoms with Gasteiger partial charge in [-0.05, 0) is 24.3 Å². The topological polar surface area (TPSA) is 76.8 Å². The van der Waals surface area contributed by atoms with Crippen molar-refractivity contribution < 1.29 is 4.74 Å². The van der Waals surface area contributed by atoms with E-state index in [0.29, 0.717) is 5.69 Å². The molecule has 0 saturated heterocycles. The molecule has 18 heavy (non-hydrogen) atoms. The zero-order chi connectivity index (χ0) is 12.5. The molecule has 0 atom stereocenters. The van der Waals surface area contributed by atoms with Gasteiger partial charge in [0.1, 0.15) is 11.4 Å². The molecule has 0 spiro atoms. The van der Waals surface area contributed by atoms with Crippen LogP contribution in [-0.2, 0) is 0 Å². The molecule has 3 aromatic rings. The second-order valence-corrected chi connectivity index (χ2v) is 3.95. The Labute approximate surface area is 104 Å². The molecule has 2 heterocycles. The number of H-pyrrole nitrogens is 1. The fourth-order valence-electron chi connectivity index (χ4n) is 1.78. The van der Waals surface area contributed by atoms with E-state index >= 15 is 0 Å². The molecule has 5 nitrogen and oxygen atoms in total. The summed E-state index contributed by atoms with van der Waals surface area (Å²) in [6, 6.07) is 9.33. The van der Waals surface area contributed by atoms with Crippen LogP contribution in [0.4, 0.5) is 5.69 Å². The van der Waals surface area contributed by atoms with Crippen LogP contribution >= 0.6 is 0 Å². The van der Waals surface area contributed by atoms with E-state index in [-0.39, 0.29) is 0 Å². The lowest BCUT2D eigenvalue weighted by molar-refractivity contribution is 0.415. The Kier molecular flexibility index (Phi) is 2.37. The van der Waals surface area contributed by atoms with Crippen LogP contribution in [0.3, 0.4) is 0 Å². The highest BCUT2D eigenvalue weighted by molar-refractivity contribution is 5.80. The summed E-state index contributed by atoms with van der Waals surface area (Å²) in [5, 5.41) is 0. The molecule has 0 unspecified atom stereocenters. The van der Waals surface area contributed by atoms with Crippen molar-refractivity contribution in [3.05, 3.63) is 36.5 Å². The maximum Gasteiger partial charge on any atom is 0.157 e. The second kappa shape index (κ2) is 4.03. The molecule has 1 aromatic carbocycles. The van der Waals surface area contributed by atoms with Gasteiger partial charge in [-0.25, -0.2) is 4.98 Å². The first kappa shape index (κ1) is 10.6. The van der Waals surface area contributed by atoms with E-state index in [2.05, 4.69) is 15.0 Å². The lowest BCUT2D eigenvalue weighted by Crippen LogP contribution is -1.89. The van der Waals surface area contributed by atoms with Crippen LogP contribution in [0.1, 0.15) is 0 Å². The minimum atomic E-state index is 0.636. The van der Waals surface area contributed by atoms with E-state index in [1.54, 1.807) is 19.4 Å². The second-order valence-electron chi connectivity index (χ2n) is 3.95. The molecular formula is C13H12N4O. The summed E-state index contributed by atoms with van der Waals surface area (Å²) in [7, 11) is 1.64. The molecular weight excluding hydrogens is 228 g/mol. The van der Waals surface area contributed by atoms with Crippen molar-refractivity contribution in [2.75, 3.05) is 12.8 Å². The van der Waals surface area contributed by atoms with Gasteiger partial charge in [0, 0.05) is 6.07 Å². The minimum Gasteiger partial charge on any atom is -0.497 e. The van der Waals surface area contributed by atoms with E-state index in [1.807, 2.05) is 24.3 Å². The van der Waals surface area contributed by atoms with Gasteiger partial charge in [0.2, 0.25) is 0 Å². The fraction of sp³-hybridized carbons (Fsp3) is 0.0769. The number of imidazole rings is 1. The maximum atomic E-state index is 5.61. The number of hydrogen-bond donors (Lipinski definition) is 2. The fourth-order valence-corrected chi connectivity index (χ4v) is 1.78. The highest BCUT2D eigenvalue weighted by Gasteiger charge is 2.06. The number of nitrogens with one attached hydrogen (secondary N) is 1. The number of benzene rings is 1. The zero-order valence-corrected chi connectivity index (χ0v) is 9.84. The molecule has 0 fully saturated rings. The number of aromatic amines is 1. The smallest absolute Gasteiger partial charge is 0.157 e. The number of anilines is 1. The summed E-state index contributed by atoms with van der Waals surface area (Å²) in [4.78, 5) is 11.9. The third kappa shape index (κ3) is 1.75. The van der Waals surface area contributed by atoms with E-state index < -0.39 is 0 Å². The molecule has 3 N–H and O–H groups in total. The number of hydrogen-bond acceptors (Lipinski definition) is 4.